The molecule has 0 aliphatic heterocycles. The van der Waals surface area contributed by atoms with Gasteiger partial charge in [-0.1, -0.05) is 18.2 Å². The molecule has 4 rings (SSSR count). The first-order valence-electron chi connectivity index (χ1n) is 11.2. The van der Waals surface area contributed by atoms with E-state index in [4.69, 9.17) is 14.6 Å². The first-order chi connectivity index (χ1) is 17.6. The van der Waals surface area contributed by atoms with Gasteiger partial charge in [-0.05, 0) is 67.6 Å². The average Bonchev–Trinajstić information content (AvgIpc) is 3.34. The fraction of sp³-hybridized carbons (Fsp3) is 0.111. The topological polar surface area (TPSA) is 107 Å². The molecule has 0 fully saturated rings. The van der Waals surface area contributed by atoms with Gasteiger partial charge in [-0.25, -0.2) is 10.1 Å². The number of benzene rings is 3. The number of amides is 2. The molecular formula is C27H25N5O4. The van der Waals surface area contributed by atoms with E-state index in [1.165, 1.54) is 6.21 Å². The lowest BCUT2D eigenvalue weighted by atomic mass is 10.1. The molecule has 0 atom stereocenters. The van der Waals surface area contributed by atoms with Gasteiger partial charge in [-0.15, -0.1) is 0 Å². The van der Waals surface area contributed by atoms with E-state index >= 15 is 0 Å². The third-order valence-electron chi connectivity index (χ3n) is 5.13. The van der Waals surface area contributed by atoms with E-state index in [1.807, 2.05) is 61.5 Å². The highest BCUT2D eigenvalue weighted by Crippen LogP contribution is 2.25. The molecule has 0 aliphatic carbocycles. The first kappa shape index (κ1) is 24.2. The predicted octanol–water partition coefficient (Wildman–Crippen LogP) is 4.04. The lowest BCUT2D eigenvalue weighted by Gasteiger charge is -2.06. The minimum atomic E-state index is -0.901. The number of para-hydroxylation sites is 1. The molecule has 0 saturated heterocycles. The van der Waals surface area contributed by atoms with Crippen LogP contribution in [0.5, 0.6) is 11.5 Å². The summed E-state index contributed by atoms with van der Waals surface area (Å²) in [7, 11) is 1.60. The number of hydrogen-bond acceptors (Lipinski definition) is 6. The molecule has 0 unspecified atom stereocenters. The number of carbonyl (C=O) groups excluding carboxylic acids is 2. The van der Waals surface area contributed by atoms with E-state index in [-0.39, 0.29) is 0 Å². The molecule has 1 heterocycles. The van der Waals surface area contributed by atoms with E-state index < -0.39 is 11.8 Å². The van der Waals surface area contributed by atoms with Crippen LogP contribution < -0.4 is 20.2 Å². The van der Waals surface area contributed by atoms with Crippen LogP contribution in [0, 0.1) is 0 Å². The van der Waals surface area contributed by atoms with Gasteiger partial charge in [0, 0.05) is 23.0 Å². The Morgan fingerprint density at radius 3 is 2.31 bits per heavy atom. The summed E-state index contributed by atoms with van der Waals surface area (Å²) in [6.45, 7) is 2.42. The van der Waals surface area contributed by atoms with E-state index in [1.54, 1.807) is 42.3 Å². The molecule has 9 heteroatoms. The van der Waals surface area contributed by atoms with Crippen molar-refractivity contribution >= 4 is 23.7 Å². The molecule has 0 spiro atoms. The summed E-state index contributed by atoms with van der Waals surface area (Å²) in [5, 5.41) is 11.2. The van der Waals surface area contributed by atoms with Gasteiger partial charge in [0.1, 0.15) is 17.2 Å². The summed E-state index contributed by atoms with van der Waals surface area (Å²) in [4.78, 5) is 24.5. The summed E-state index contributed by atoms with van der Waals surface area (Å²) in [5.74, 6) is -0.344. The van der Waals surface area contributed by atoms with Crippen LogP contribution in [0.4, 0.5) is 5.69 Å². The predicted molar refractivity (Wildman–Crippen MR) is 138 cm³/mol. The molecule has 2 amide bonds. The van der Waals surface area contributed by atoms with Crippen LogP contribution in [0.2, 0.25) is 0 Å². The van der Waals surface area contributed by atoms with E-state index in [0.717, 1.165) is 17.0 Å². The molecule has 0 aliphatic rings. The van der Waals surface area contributed by atoms with Crippen molar-refractivity contribution in [2.75, 3.05) is 19.0 Å². The maximum absolute atomic E-state index is 12.3. The molecule has 36 heavy (non-hydrogen) atoms. The van der Waals surface area contributed by atoms with E-state index in [2.05, 4.69) is 15.8 Å². The molecule has 1 aromatic heterocycles. The largest absolute Gasteiger partial charge is 0.497 e. The maximum Gasteiger partial charge on any atom is 0.329 e. The monoisotopic (exact) mass is 483 g/mol. The summed E-state index contributed by atoms with van der Waals surface area (Å²) < 4.78 is 12.3. The summed E-state index contributed by atoms with van der Waals surface area (Å²) in [6.07, 6.45) is 3.25. The zero-order valence-electron chi connectivity index (χ0n) is 19.8. The summed E-state index contributed by atoms with van der Waals surface area (Å²) >= 11 is 0. The highest BCUT2D eigenvalue weighted by Gasteiger charge is 2.14. The first-order valence-corrected chi connectivity index (χ1v) is 11.2. The van der Waals surface area contributed by atoms with Gasteiger partial charge in [0.25, 0.3) is 0 Å². The smallest absolute Gasteiger partial charge is 0.329 e. The number of hydrazone groups is 1. The third kappa shape index (κ3) is 5.95. The molecular weight excluding hydrogens is 458 g/mol. The van der Waals surface area contributed by atoms with Crippen molar-refractivity contribution < 1.29 is 19.1 Å². The maximum atomic E-state index is 12.3. The Balaban J connectivity index is 1.49. The fourth-order valence-electron chi connectivity index (χ4n) is 3.37. The van der Waals surface area contributed by atoms with Crippen LogP contribution in [-0.2, 0) is 9.59 Å². The number of methoxy groups -OCH3 is 1. The number of aromatic nitrogens is 2. The van der Waals surface area contributed by atoms with Gasteiger partial charge in [-0.3, -0.25) is 9.59 Å². The van der Waals surface area contributed by atoms with Crippen LogP contribution in [-0.4, -0.2) is 41.5 Å². The van der Waals surface area contributed by atoms with Crippen LogP contribution in [0.25, 0.3) is 16.9 Å². The number of ether oxygens (including phenoxy) is 2. The highest BCUT2D eigenvalue weighted by atomic mass is 16.5. The quantitative estimate of drug-likeness (QED) is 0.224. The minimum Gasteiger partial charge on any atom is -0.497 e. The Labute approximate surface area is 208 Å². The number of anilines is 1. The van der Waals surface area contributed by atoms with Crippen molar-refractivity contribution in [3.05, 3.63) is 90.6 Å². The Morgan fingerprint density at radius 2 is 1.64 bits per heavy atom. The highest BCUT2D eigenvalue weighted by molar-refractivity contribution is 6.39. The van der Waals surface area contributed by atoms with Gasteiger partial charge in [0.15, 0.2) is 0 Å². The minimum absolute atomic E-state index is 0.466. The Kier molecular flexibility index (Phi) is 7.72. The van der Waals surface area contributed by atoms with Crippen LogP contribution in [0.15, 0.2) is 90.2 Å². The molecule has 3 aromatic carbocycles. The summed E-state index contributed by atoms with van der Waals surface area (Å²) in [6, 6.07) is 23.8. The Hall–Kier alpha value is -4.92. The Bertz CT molecular complexity index is 1350. The zero-order chi connectivity index (χ0) is 25.3. The number of carbonyl (C=O) groups is 2. The molecule has 4 aromatic rings. The van der Waals surface area contributed by atoms with Gasteiger partial charge in [-0.2, -0.15) is 10.2 Å². The zero-order valence-corrected chi connectivity index (χ0v) is 19.8. The van der Waals surface area contributed by atoms with E-state index in [0.29, 0.717) is 29.3 Å². The van der Waals surface area contributed by atoms with Crippen molar-refractivity contribution in [3.63, 3.8) is 0 Å². The number of hydrogen-bond donors (Lipinski definition) is 2. The van der Waals surface area contributed by atoms with Crippen LogP contribution in [0.3, 0.4) is 0 Å². The second kappa shape index (κ2) is 11.5. The lowest BCUT2D eigenvalue weighted by molar-refractivity contribution is -0.136. The standard InChI is InChI=1S/C27H25N5O4/c1-3-36-24-15-11-21(12-16-24)29-26(33)27(34)30-28-17-20-18-32(22-7-5-4-6-8-22)31-25(20)19-9-13-23(35-2)14-10-19/h4-18H,3H2,1-2H3,(H,29,33)(H,30,34). The Morgan fingerprint density at radius 1 is 0.944 bits per heavy atom. The normalized spacial score (nSPS) is 10.7. The second-order valence-corrected chi connectivity index (χ2v) is 7.55. The second-order valence-electron chi connectivity index (χ2n) is 7.55. The van der Waals surface area contributed by atoms with Crippen molar-refractivity contribution in [1.29, 1.82) is 0 Å². The van der Waals surface area contributed by atoms with Gasteiger partial charge >= 0.3 is 11.8 Å². The summed E-state index contributed by atoms with van der Waals surface area (Å²) in [5.41, 5.74) is 5.74. The SMILES string of the molecule is CCOc1ccc(NC(=O)C(=O)NN=Cc2cn(-c3ccccc3)nc2-c2ccc(OC)cc2)cc1. The molecule has 0 saturated carbocycles. The van der Waals surface area contributed by atoms with Crippen molar-refractivity contribution in [2.45, 2.75) is 6.92 Å². The van der Waals surface area contributed by atoms with Gasteiger partial charge < -0.3 is 14.8 Å². The molecule has 2 N–H and O–H groups in total. The lowest BCUT2D eigenvalue weighted by Crippen LogP contribution is -2.32. The molecule has 0 bridgehead atoms. The molecule has 0 radical (unpaired) electrons. The fourth-order valence-corrected chi connectivity index (χ4v) is 3.37. The molecule has 9 nitrogen and oxygen atoms in total. The van der Waals surface area contributed by atoms with E-state index in [9.17, 15) is 9.59 Å². The van der Waals surface area contributed by atoms with Crippen molar-refractivity contribution in [3.8, 4) is 28.4 Å². The van der Waals surface area contributed by atoms with Gasteiger partial charge in [0.05, 0.1) is 25.6 Å². The van der Waals surface area contributed by atoms with Crippen molar-refractivity contribution in [1.82, 2.24) is 15.2 Å². The van der Waals surface area contributed by atoms with Crippen LogP contribution in [0.1, 0.15) is 12.5 Å². The number of nitrogens with one attached hydrogen (secondary N) is 2. The molecule has 182 valence electrons. The third-order valence-corrected chi connectivity index (χ3v) is 5.13. The van der Waals surface area contributed by atoms with Crippen molar-refractivity contribution in [2.24, 2.45) is 5.10 Å². The number of rotatable bonds is 8. The van der Waals surface area contributed by atoms with Crippen LogP contribution >= 0.6 is 0 Å². The van der Waals surface area contributed by atoms with Gasteiger partial charge in [0.2, 0.25) is 0 Å². The number of nitrogens with zero attached hydrogens (tertiary/aromatic N) is 3. The average molecular weight is 484 g/mol.